The van der Waals surface area contributed by atoms with Crippen molar-refractivity contribution in [3.05, 3.63) is 52.6 Å². The van der Waals surface area contributed by atoms with Crippen LogP contribution in [0, 0.1) is 48.3 Å². The molecule has 1 aromatic rings. The third-order valence-corrected chi connectivity index (χ3v) is 10.6. The smallest absolute Gasteiger partial charge is 0.00822 e. The molecule has 4 aliphatic rings. The van der Waals surface area contributed by atoms with Gasteiger partial charge >= 0.3 is 0 Å². The Labute approximate surface area is 205 Å². The molecule has 3 fully saturated rings. The molecule has 1 aromatic carbocycles. The van der Waals surface area contributed by atoms with E-state index in [0.29, 0.717) is 10.8 Å². The van der Waals surface area contributed by atoms with Crippen molar-refractivity contribution in [3.8, 4) is 0 Å². The maximum Gasteiger partial charge on any atom is -0.00822 e. The molecule has 0 nitrogen and oxygen atoms in total. The van der Waals surface area contributed by atoms with E-state index in [0.717, 1.165) is 23.7 Å². The first-order chi connectivity index (χ1) is 15.9. The Morgan fingerprint density at radius 1 is 0.939 bits per heavy atom. The van der Waals surface area contributed by atoms with Crippen molar-refractivity contribution in [2.24, 2.45) is 34.5 Å². The van der Waals surface area contributed by atoms with Crippen molar-refractivity contribution in [1.29, 1.82) is 0 Å². The van der Waals surface area contributed by atoms with Crippen LogP contribution < -0.4 is 0 Å². The van der Waals surface area contributed by atoms with Crippen LogP contribution in [0.15, 0.2) is 35.9 Å². The number of rotatable bonds is 4. The Bertz CT molecular complexity index is 872. The molecule has 0 aliphatic heterocycles. The molecule has 0 radical (unpaired) electrons. The van der Waals surface area contributed by atoms with Gasteiger partial charge in [-0.3, -0.25) is 0 Å². The molecule has 0 amide bonds. The Morgan fingerprint density at radius 2 is 1.76 bits per heavy atom. The Hall–Kier alpha value is -1.30. The Balaban J connectivity index is 0.00000126. The Kier molecular flexibility index (Phi) is 7.62. The van der Waals surface area contributed by atoms with E-state index in [1.807, 2.05) is 13.8 Å². The summed E-state index contributed by atoms with van der Waals surface area (Å²) in [6, 6.07) is 6.80. The molecule has 0 N–H and O–H groups in total. The third kappa shape index (κ3) is 4.53. The lowest BCUT2D eigenvalue weighted by atomic mass is 9.45. The summed E-state index contributed by atoms with van der Waals surface area (Å²) in [5, 5.41) is 0. The zero-order valence-electron chi connectivity index (χ0n) is 22.6. The van der Waals surface area contributed by atoms with Gasteiger partial charge in [-0.15, -0.1) is 0 Å². The van der Waals surface area contributed by atoms with Gasteiger partial charge in [0.05, 0.1) is 0 Å². The molecule has 0 heteroatoms. The zero-order valence-corrected chi connectivity index (χ0v) is 22.6. The molecule has 3 saturated carbocycles. The van der Waals surface area contributed by atoms with Gasteiger partial charge in [0.25, 0.3) is 0 Å². The third-order valence-electron chi connectivity index (χ3n) is 10.6. The van der Waals surface area contributed by atoms with Gasteiger partial charge in [-0.25, -0.2) is 0 Å². The second kappa shape index (κ2) is 10.1. The summed E-state index contributed by atoms with van der Waals surface area (Å²) in [5.41, 5.74) is 7.10. The molecule has 0 heterocycles. The van der Waals surface area contributed by atoms with E-state index in [9.17, 15) is 0 Å². The number of hydrogen-bond acceptors (Lipinski definition) is 0. The van der Waals surface area contributed by atoms with Gasteiger partial charge in [0.15, 0.2) is 0 Å². The highest BCUT2D eigenvalue weighted by Gasteiger charge is 2.57. The maximum atomic E-state index is 2.71. The van der Waals surface area contributed by atoms with Gasteiger partial charge in [0.2, 0.25) is 0 Å². The highest BCUT2D eigenvalue weighted by atomic mass is 14.6. The average molecular weight is 447 g/mol. The zero-order chi connectivity index (χ0) is 23.6. The highest BCUT2D eigenvalue weighted by molar-refractivity contribution is 5.54. The lowest BCUT2D eigenvalue weighted by Crippen LogP contribution is -2.52. The van der Waals surface area contributed by atoms with Gasteiger partial charge in [-0.1, -0.05) is 88.1 Å². The van der Waals surface area contributed by atoms with Crippen LogP contribution in [0.4, 0.5) is 0 Å². The maximum absolute atomic E-state index is 2.71. The quantitative estimate of drug-likeness (QED) is 0.403. The summed E-state index contributed by atoms with van der Waals surface area (Å²) in [6.07, 6.45) is 23.3. The molecule has 6 atom stereocenters. The second-order valence-corrected chi connectivity index (χ2v) is 12.1. The molecule has 0 bridgehead atoms. The molecule has 5 rings (SSSR count). The van der Waals surface area contributed by atoms with Crippen molar-refractivity contribution in [2.45, 2.75) is 112 Å². The first-order valence-corrected chi connectivity index (χ1v) is 14.3. The molecule has 4 aliphatic carbocycles. The lowest BCUT2D eigenvalue weighted by Gasteiger charge is -2.60. The van der Waals surface area contributed by atoms with Crippen LogP contribution in [0.25, 0.3) is 6.08 Å². The van der Waals surface area contributed by atoms with E-state index >= 15 is 0 Å². The van der Waals surface area contributed by atoms with Gasteiger partial charge in [0, 0.05) is 0 Å². The number of benzene rings is 1. The van der Waals surface area contributed by atoms with E-state index in [4.69, 9.17) is 0 Å². The summed E-state index contributed by atoms with van der Waals surface area (Å²) in [4.78, 5) is 0. The summed E-state index contributed by atoms with van der Waals surface area (Å²) in [7, 11) is 0. The monoisotopic (exact) mass is 446 g/mol. The average Bonchev–Trinajstić information content (AvgIpc) is 3.15. The number of fused-ring (bicyclic) bond motifs is 5. The lowest BCUT2D eigenvalue weighted by molar-refractivity contribution is -0.0991. The van der Waals surface area contributed by atoms with Crippen LogP contribution in [-0.2, 0) is 0 Å². The summed E-state index contributed by atoms with van der Waals surface area (Å²) >= 11 is 0. The number of hydrogen-bond donors (Lipinski definition) is 0. The van der Waals surface area contributed by atoms with Crippen LogP contribution in [0.2, 0.25) is 0 Å². The van der Waals surface area contributed by atoms with Gasteiger partial charge in [0.1, 0.15) is 0 Å². The molecular weight excluding hydrogens is 396 g/mol. The largest absolute Gasteiger partial charge is 0.0844 e. The molecule has 0 aromatic heterocycles. The van der Waals surface area contributed by atoms with Crippen molar-refractivity contribution >= 4 is 6.08 Å². The molecule has 0 spiro atoms. The van der Waals surface area contributed by atoms with Crippen LogP contribution >= 0.6 is 0 Å². The van der Waals surface area contributed by atoms with Gasteiger partial charge in [-0.05, 0) is 117 Å². The van der Waals surface area contributed by atoms with Crippen molar-refractivity contribution < 1.29 is 0 Å². The van der Waals surface area contributed by atoms with Crippen molar-refractivity contribution in [2.75, 3.05) is 0 Å². The predicted octanol–water partition coefficient (Wildman–Crippen LogP) is 10.1. The normalized spacial score (nSPS) is 37.5. The fourth-order valence-electron chi connectivity index (χ4n) is 8.80. The Morgan fingerprint density at radius 3 is 2.55 bits per heavy atom. The summed E-state index contributed by atoms with van der Waals surface area (Å²) in [6.45, 7) is 13.8. The van der Waals surface area contributed by atoms with Crippen LogP contribution in [0.3, 0.4) is 0 Å². The van der Waals surface area contributed by atoms with Crippen LogP contribution in [0.1, 0.15) is 115 Å². The molecule has 33 heavy (non-hydrogen) atoms. The molecule has 6 unspecified atom stereocenters. The van der Waals surface area contributed by atoms with Crippen molar-refractivity contribution in [1.82, 2.24) is 0 Å². The minimum absolute atomic E-state index is 0.493. The first-order valence-electron chi connectivity index (χ1n) is 14.3. The van der Waals surface area contributed by atoms with Gasteiger partial charge in [-0.2, -0.15) is 0 Å². The minimum atomic E-state index is 0.493. The number of aryl methyl sites for hydroxylation is 2. The second-order valence-electron chi connectivity index (χ2n) is 12.1. The van der Waals surface area contributed by atoms with Crippen molar-refractivity contribution in [3.63, 3.8) is 0 Å². The van der Waals surface area contributed by atoms with E-state index in [-0.39, 0.29) is 0 Å². The standard InChI is InChI=1S/C31H44.C2H6/c1-22-12-13-24(23(2)21-22)9-5-6-10-26-15-17-28-27-16-14-25-11-7-8-19-30(25,3)29(27)18-20-31(26,28)4;1-2/h5,9,12-13,15,21,25,27-29H,6-8,10-11,14,16-20H2,1-4H3;1-2H3/b9-5+;. The fraction of sp³-hybridized carbons (Fsp3) is 0.697. The molecule has 182 valence electrons. The first kappa shape index (κ1) is 24.8. The molecule has 0 saturated heterocycles. The number of allylic oxidation sites excluding steroid dienone is 3. The molecular formula is C33H50. The SMILES string of the molecule is CC.Cc1ccc(/C=C/CCC2=CCC3C4CCC5CCCCC5(C)C4CCC23C)c(C)c1. The summed E-state index contributed by atoms with van der Waals surface area (Å²) < 4.78 is 0. The highest BCUT2D eigenvalue weighted by Crippen LogP contribution is 2.66. The van der Waals surface area contributed by atoms with Gasteiger partial charge < -0.3 is 0 Å². The van der Waals surface area contributed by atoms with E-state index in [1.165, 1.54) is 87.3 Å². The fourth-order valence-corrected chi connectivity index (χ4v) is 8.80. The van der Waals surface area contributed by atoms with E-state index in [1.54, 1.807) is 5.57 Å². The summed E-state index contributed by atoms with van der Waals surface area (Å²) in [5.74, 6) is 3.99. The van der Waals surface area contributed by atoms with E-state index in [2.05, 4.69) is 64.1 Å². The van der Waals surface area contributed by atoms with E-state index < -0.39 is 0 Å². The predicted molar refractivity (Wildman–Crippen MR) is 145 cm³/mol. The topological polar surface area (TPSA) is 0 Å². The van der Waals surface area contributed by atoms with Crippen LogP contribution in [-0.4, -0.2) is 0 Å². The van der Waals surface area contributed by atoms with Crippen LogP contribution in [0.5, 0.6) is 0 Å². The minimum Gasteiger partial charge on any atom is -0.0844 e.